The second-order valence-corrected chi connectivity index (χ2v) is 2.73. The van der Waals surface area contributed by atoms with E-state index in [0.717, 1.165) is 6.42 Å². The minimum absolute atomic E-state index is 0.0229. The van der Waals surface area contributed by atoms with Gasteiger partial charge in [-0.15, -0.1) is 0 Å². The molecule has 0 radical (unpaired) electrons. The van der Waals surface area contributed by atoms with E-state index in [0.29, 0.717) is 5.76 Å². The van der Waals surface area contributed by atoms with Crippen LogP contribution < -0.4 is 0 Å². The standard InChI is InChI=1S/C8H11NO3/c1-3-5(2)7-4-6(8(10)11)9-12-7/h4-5H,3H2,1-2H3,(H,10,11). The number of carboxylic acid groups (broad SMARTS) is 1. The minimum Gasteiger partial charge on any atom is -0.476 e. The minimum atomic E-state index is -1.05. The van der Waals surface area contributed by atoms with Crippen LogP contribution >= 0.6 is 0 Å². The molecular weight excluding hydrogens is 158 g/mol. The Morgan fingerprint density at radius 3 is 2.92 bits per heavy atom. The van der Waals surface area contributed by atoms with Gasteiger partial charge in [-0.05, 0) is 6.42 Å². The van der Waals surface area contributed by atoms with Crippen molar-refractivity contribution in [2.24, 2.45) is 0 Å². The van der Waals surface area contributed by atoms with E-state index in [1.807, 2.05) is 13.8 Å². The molecule has 0 aliphatic heterocycles. The van der Waals surface area contributed by atoms with Crippen LogP contribution in [-0.2, 0) is 0 Å². The predicted molar refractivity (Wildman–Crippen MR) is 42.2 cm³/mol. The number of carboxylic acids is 1. The Kier molecular flexibility index (Phi) is 2.47. The van der Waals surface area contributed by atoms with Gasteiger partial charge in [0.15, 0.2) is 5.69 Å². The van der Waals surface area contributed by atoms with E-state index >= 15 is 0 Å². The fraction of sp³-hybridized carbons (Fsp3) is 0.500. The van der Waals surface area contributed by atoms with Gasteiger partial charge in [0, 0.05) is 12.0 Å². The lowest BCUT2D eigenvalue weighted by Crippen LogP contribution is -1.95. The molecule has 0 aliphatic carbocycles. The first-order chi connectivity index (χ1) is 5.65. The third-order valence-electron chi connectivity index (χ3n) is 1.85. The molecule has 0 aliphatic rings. The smallest absolute Gasteiger partial charge is 0.358 e. The molecule has 1 heterocycles. The molecule has 1 aromatic heterocycles. The monoisotopic (exact) mass is 169 g/mol. The van der Waals surface area contributed by atoms with Gasteiger partial charge in [-0.1, -0.05) is 19.0 Å². The Balaban J connectivity index is 2.84. The second-order valence-electron chi connectivity index (χ2n) is 2.73. The lowest BCUT2D eigenvalue weighted by molar-refractivity contribution is 0.0685. The van der Waals surface area contributed by atoms with Gasteiger partial charge < -0.3 is 9.63 Å². The lowest BCUT2D eigenvalue weighted by Gasteiger charge is -1.99. The third kappa shape index (κ3) is 1.64. The Bertz CT molecular complexity index is 280. The summed E-state index contributed by atoms with van der Waals surface area (Å²) in [5.74, 6) is -0.186. The van der Waals surface area contributed by atoms with Crippen molar-refractivity contribution in [2.75, 3.05) is 0 Å². The summed E-state index contributed by atoms with van der Waals surface area (Å²) in [6, 6.07) is 1.47. The number of rotatable bonds is 3. The highest BCUT2D eigenvalue weighted by molar-refractivity contribution is 5.85. The van der Waals surface area contributed by atoms with E-state index in [-0.39, 0.29) is 11.6 Å². The average Bonchev–Trinajstić information content (AvgIpc) is 2.51. The predicted octanol–water partition coefficient (Wildman–Crippen LogP) is 1.89. The van der Waals surface area contributed by atoms with Gasteiger partial charge in [-0.3, -0.25) is 0 Å². The zero-order valence-corrected chi connectivity index (χ0v) is 7.07. The lowest BCUT2D eigenvalue weighted by atomic mass is 10.1. The van der Waals surface area contributed by atoms with Crippen LogP contribution in [0, 0.1) is 0 Å². The number of aromatic nitrogens is 1. The van der Waals surface area contributed by atoms with Crippen molar-refractivity contribution in [3.8, 4) is 0 Å². The van der Waals surface area contributed by atoms with Gasteiger partial charge in [0.05, 0.1) is 0 Å². The van der Waals surface area contributed by atoms with Crippen LogP contribution in [0.2, 0.25) is 0 Å². The van der Waals surface area contributed by atoms with Crippen molar-refractivity contribution in [2.45, 2.75) is 26.2 Å². The van der Waals surface area contributed by atoms with Gasteiger partial charge in [0.25, 0.3) is 0 Å². The molecule has 1 N–H and O–H groups in total. The fourth-order valence-corrected chi connectivity index (χ4v) is 0.824. The molecule has 0 saturated carbocycles. The molecule has 0 saturated heterocycles. The molecule has 1 atom stereocenters. The summed E-state index contributed by atoms with van der Waals surface area (Å²) in [6.07, 6.45) is 0.911. The van der Waals surface area contributed by atoms with E-state index in [2.05, 4.69) is 5.16 Å². The van der Waals surface area contributed by atoms with Crippen molar-refractivity contribution in [3.05, 3.63) is 17.5 Å². The first-order valence-electron chi connectivity index (χ1n) is 3.85. The van der Waals surface area contributed by atoms with E-state index in [4.69, 9.17) is 9.63 Å². The van der Waals surface area contributed by atoms with E-state index in [9.17, 15) is 4.79 Å². The van der Waals surface area contributed by atoms with Crippen LogP contribution in [-0.4, -0.2) is 16.2 Å². The molecule has 4 nitrogen and oxygen atoms in total. The second kappa shape index (κ2) is 3.38. The molecule has 0 bridgehead atoms. The Morgan fingerprint density at radius 1 is 1.83 bits per heavy atom. The number of carbonyl (C=O) groups is 1. The summed E-state index contributed by atoms with van der Waals surface area (Å²) in [7, 11) is 0. The first-order valence-corrected chi connectivity index (χ1v) is 3.85. The quantitative estimate of drug-likeness (QED) is 0.750. The summed E-state index contributed by atoms with van der Waals surface area (Å²) >= 11 is 0. The van der Waals surface area contributed by atoms with Crippen LogP contribution in [0.5, 0.6) is 0 Å². The highest BCUT2D eigenvalue weighted by atomic mass is 16.5. The zero-order valence-electron chi connectivity index (χ0n) is 7.07. The van der Waals surface area contributed by atoms with Crippen LogP contribution in [0.1, 0.15) is 42.4 Å². The van der Waals surface area contributed by atoms with E-state index < -0.39 is 5.97 Å². The molecule has 4 heteroatoms. The maximum atomic E-state index is 10.4. The highest BCUT2D eigenvalue weighted by Crippen LogP contribution is 2.18. The van der Waals surface area contributed by atoms with E-state index in [1.165, 1.54) is 6.07 Å². The SMILES string of the molecule is CCC(C)c1cc(C(=O)O)no1. The maximum Gasteiger partial charge on any atom is 0.358 e. The van der Waals surface area contributed by atoms with Crippen molar-refractivity contribution in [1.82, 2.24) is 5.16 Å². The molecule has 12 heavy (non-hydrogen) atoms. The third-order valence-corrected chi connectivity index (χ3v) is 1.85. The molecule has 0 fully saturated rings. The van der Waals surface area contributed by atoms with Gasteiger partial charge in [0.2, 0.25) is 0 Å². The maximum absolute atomic E-state index is 10.4. The molecule has 1 unspecified atom stereocenters. The molecule has 1 aromatic rings. The van der Waals surface area contributed by atoms with Gasteiger partial charge in [-0.2, -0.15) is 0 Å². The highest BCUT2D eigenvalue weighted by Gasteiger charge is 2.13. The van der Waals surface area contributed by atoms with Gasteiger partial charge in [0.1, 0.15) is 5.76 Å². The Hall–Kier alpha value is -1.32. The Labute approximate surface area is 70.2 Å². The summed E-state index contributed by atoms with van der Waals surface area (Å²) in [4.78, 5) is 10.4. The molecule has 66 valence electrons. The van der Waals surface area contributed by atoms with E-state index in [1.54, 1.807) is 0 Å². The molecule has 0 aromatic carbocycles. The van der Waals surface area contributed by atoms with Crippen molar-refractivity contribution in [1.29, 1.82) is 0 Å². The van der Waals surface area contributed by atoms with Crippen LogP contribution in [0.15, 0.2) is 10.6 Å². The van der Waals surface area contributed by atoms with Crippen molar-refractivity contribution in [3.63, 3.8) is 0 Å². The Morgan fingerprint density at radius 2 is 2.50 bits per heavy atom. The topological polar surface area (TPSA) is 63.3 Å². The zero-order chi connectivity index (χ0) is 9.14. The largest absolute Gasteiger partial charge is 0.476 e. The summed E-state index contributed by atoms with van der Waals surface area (Å²) in [5.41, 5.74) is -0.0229. The average molecular weight is 169 g/mol. The first kappa shape index (κ1) is 8.77. The summed E-state index contributed by atoms with van der Waals surface area (Å²) in [6.45, 7) is 3.97. The van der Waals surface area contributed by atoms with Crippen molar-refractivity contribution < 1.29 is 14.4 Å². The van der Waals surface area contributed by atoms with Crippen LogP contribution in [0.25, 0.3) is 0 Å². The summed E-state index contributed by atoms with van der Waals surface area (Å²) in [5, 5.41) is 11.9. The van der Waals surface area contributed by atoms with Crippen molar-refractivity contribution >= 4 is 5.97 Å². The molecule has 0 spiro atoms. The number of nitrogens with zero attached hydrogens (tertiary/aromatic N) is 1. The van der Waals surface area contributed by atoms with Crippen LogP contribution in [0.3, 0.4) is 0 Å². The molecule has 0 amide bonds. The summed E-state index contributed by atoms with van der Waals surface area (Å²) < 4.78 is 4.85. The van der Waals surface area contributed by atoms with Gasteiger partial charge in [-0.25, -0.2) is 4.79 Å². The van der Waals surface area contributed by atoms with Gasteiger partial charge >= 0.3 is 5.97 Å². The number of hydrogen-bond acceptors (Lipinski definition) is 3. The van der Waals surface area contributed by atoms with Crippen LogP contribution in [0.4, 0.5) is 0 Å². The number of hydrogen-bond donors (Lipinski definition) is 1. The molecular formula is C8H11NO3. The molecule has 1 rings (SSSR count). The number of aromatic carboxylic acids is 1. The fourth-order valence-electron chi connectivity index (χ4n) is 0.824. The normalized spacial score (nSPS) is 12.8.